The van der Waals surface area contributed by atoms with Gasteiger partial charge in [0.05, 0.1) is 4.90 Å². The molecular weight excluding hydrogens is 372 g/mol. The maximum atomic E-state index is 12.8. The highest BCUT2D eigenvalue weighted by molar-refractivity contribution is 7.89. The number of amides is 1. The molecule has 3 rings (SSSR count). The first kappa shape index (κ1) is 20.3. The van der Waals surface area contributed by atoms with Crippen molar-refractivity contribution in [2.24, 2.45) is 0 Å². The lowest BCUT2D eigenvalue weighted by atomic mass is 9.99. The minimum Gasteiger partial charge on any atom is -0.335 e. The molecule has 0 atom stereocenters. The Hall–Kier alpha value is -2.44. The van der Waals surface area contributed by atoms with Crippen molar-refractivity contribution in [1.29, 1.82) is 0 Å². The molecule has 0 aromatic heterocycles. The highest BCUT2D eigenvalue weighted by Gasteiger charge is 2.23. The van der Waals surface area contributed by atoms with Crippen molar-refractivity contribution in [3.63, 3.8) is 0 Å². The topological polar surface area (TPSA) is 66.5 Å². The summed E-state index contributed by atoms with van der Waals surface area (Å²) in [6.07, 6.45) is 2.89. The number of nitrogens with zero attached hydrogens (tertiary/aromatic N) is 1. The summed E-state index contributed by atoms with van der Waals surface area (Å²) in [5.41, 5.74) is 2.37. The summed E-state index contributed by atoms with van der Waals surface area (Å²) in [4.78, 5) is 14.7. The first-order valence-electron chi connectivity index (χ1n) is 9.33. The van der Waals surface area contributed by atoms with Crippen LogP contribution in [0.1, 0.15) is 43.1 Å². The molecule has 0 unspecified atom stereocenters. The number of hydrogen-bond acceptors (Lipinski definition) is 3. The molecule has 2 aromatic carbocycles. The van der Waals surface area contributed by atoms with E-state index in [1.165, 1.54) is 23.3 Å². The fourth-order valence-electron chi connectivity index (χ4n) is 3.19. The molecule has 5 nitrogen and oxygen atoms in total. The molecule has 148 valence electrons. The summed E-state index contributed by atoms with van der Waals surface area (Å²) >= 11 is 0. The third-order valence-corrected chi connectivity index (χ3v) is 6.27. The highest BCUT2D eigenvalue weighted by atomic mass is 32.2. The van der Waals surface area contributed by atoms with Crippen molar-refractivity contribution in [1.82, 2.24) is 9.62 Å². The Kier molecular flexibility index (Phi) is 5.72. The lowest BCUT2D eigenvalue weighted by Gasteiger charge is -2.27. The molecule has 6 heteroatoms. The molecule has 0 spiro atoms. The minimum absolute atomic E-state index is 0.0870. The Bertz CT molecular complexity index is 973. The van der Waals surface area contributed by atoms with E-state index in [0.29, 0.717) is 18.7 Å². The normalized spacial score (nSPS) is 15.2. The summed E-state index contributed by atoms with van der Waals surface area (Å²) in [6, 6.07) is 16.3. The van der Waals surface area contributed by atoms with Crippen molar-refractivity contribution in [3.05, 3.63) is 71.8 Å². The molecule has 0 saturated heterocycles. The van der Waals surface area contributed by atoms with Gasteiger partial charge in [0.15, 0.2) is 0 Å². The van der Waals surface area contributed by atoms with Crippen LogP contribution in [-0.2, 0) is 10.0 Å². The number of sulfonamides is 1. The van der Waals surface area contributed by atoms with Crippen molar-refractivity contribution < 1.29 is 13.2 Å². The smallest absolute Gasteiger partial charge is 0.254 e. The molecule has 1 heterocycles. The van der Waals surface area contributed by atoms with Crippen molar-refractivity contribution in [2.45, 2.75) is 37.6 Å². The van der Waals surface area contributed by atoms with Crippen LogP contribution in [0.5, 0.6) is 0 Å². The van der Waals surface area contributed by atoms with Crippen LogP contribution in [0.2, 0.25) is 0 Å². The lowest BCUT2D eigenvalue weighted by Crippen LogP contribution is -2.40. The highest BCUT2D eigenvalue weighted by Crippen LogP contribution is 2.23. The van der Waals surface area contributed by atoms with E-state index in [-0.39, 0.29) is 10.8 Å². The standard InChI is InChI=1S/C22H26N2O3S/c1-22(2,3)23-28(26,27)20-11-9-19(10-12-20)21(25)24-15-13-18(14-16-24)17-7-5-4-6-8-17/h4-13,23H,14-16H2,1-3H3. The number of carbonyl (C=O) groups is 1. The number of hydrogen-bond donors (Lipinski definition) is 1. The molecule has 0 bridgehead atoms. The van der Waals surface area contributed by atoms with E-state index >= 15 is 0 Å². The Labute approximate surface area is 167 Å². The second kappa shape index (κ2) is 7.89. The first-order chi connectivity index (χ1) is 13.2. The molecule has 2 aromatic rings. The van der Waals surface area contributed by atoms with Gasteiger partial charge in [-0.2, -0.15) is 0 Å². The fraction of sp³-hybridized carbons (Fsp3) is 0.318. The van der Waals surface area contributed by atoms with Crippen LogP contribution in [0.25, 0.3) is 5.57 Å². The van der Waals surface area contributed by atoms with Crippen LogP contribution in [0.15, 0.2) is 65.6 Å². The average molecular weight is 399 g/mol. The van der Waals surface area contributed by atoms with E-state index in [9.17, 15) is 13.2 Å². The largest absolute Gasteiger partial charge is 0.335 e. The van der Waals surface area contributed by atoms with Crippen LogP contribution >= 0.6 is 0 Å². The molecule has 1 aliphatic heterocycles. The molecule has 0 fully saturated rings. The number of benzene rings is 2. The molecule has 0 aliphatic carbocycles. The number of nitrogens with one attached hydrogen (secondary N) is 1. The quantitative estimate of drug-likeness (QED) is 0.854. The molecule has 1 aliphatic rings. The maximum absolute atomic E-state index is 12.8. The summed E-state index contributed by atoms with van der Waals surface area (Å²) in [5.74, 6) is -0.0870. The minimum atomic E-state index is -3.61. The third kappa shape index (κ3) is 4.88. The van der Waals surface area contributed by atoms with Crippen molar-refractivity contribution in [3.8, 4) is 0 Å². The zero-order chi connectivity index (χ0) is 20.4. The Morgan fingerprint density at radius 3 is 2.18 bits per heavy atom. The van der Waals surface area contributed by atoms with Gasteiger partial charge in [0.2, 0.25) is 10.0 Å². The molecular formula is C22H26N2O3S. The van der Waals surface area contributed by atoms with Crippen LogP contribution in [0, 0.1) is 0 Å². The summed E-state index contributed by atoms with van der Waals surface area (Å²) in [6.45, 7) is 6.56. The van der Waals surface area contributed by atoms with Crippen LogP contribution in [0.4, 0.5) is 0 Å². The van der Waals surface area contributed by atoms with Crippen LogP contribution in [-0.4, -0.2) is 37.9 Å². The monoisotopic (exact) mass is 398 g/mol. The number of rotatable bonds is 4. The van der Waals surface area contributed by atoms with Gasteiger partial charge >= 0.3 is 0 Å². The van der Waals surface area contributed by atoms with Gasteiger partial charge in [-0.1, -0.05) is 36.4 Å². The van der Waals surface area contributed by atoms with Gasteiger partial charge in [0.25, 0.3) is 5.91 Å². The van der Waals surface area contributed by atoms with Crippen LogP contribution in [0.3, 0.4) is 0 Å². The maximum Gasteiger partial charge on any atom is 0.254 e. The second-order valence-electron chi connectivity index (χ2n) is 7.98. The van der Waals surface area contributed by atoms with Gasteiger partial charge in [-0.3, -0.25) is 4.79 Å². The molecule has 1 N–H and O–H groups in total. The lowest BCUT2D eigenvalue weighted by molar-refractivity contribution is 0.0772. The van der Waals surface area contributed by atoms with Crippen molar-refractivity contribution in [2.75, 3.05) is 13.1 Å². The first-order valence-corrected chi connectivity index (χ1v) is 10.8. The van der Waals surface area contributed by atoms with Crippen molar-refractivity contribution >= 4 is 21.5 Å². The fourth-order valence-corrected chi connectivity index (χ4v) is 4.61. The molecule has 0 saturated carbocycles. The predicted molar refractivity (Wildman–Crippen MR) is 111 cm³/mol. The van der Waals surface area contributed by atoms with E-state index < -0.39 is 15.6 Å². The van der Waals surface area contributed by atoms with Gasteiger partial charge < -0.3 is 4.90 Å². The zero-order valence-corrected chi connectivity index (χ0v) is 17.3. The van der Waals surface area contributed by atoms with E-state index in [1.807, 2.05) is 18.2 Å². The average Bonchev–Trinajstić information content (AvgIpc) is 2.66. The second-order valence-corrected chi connectivity index (χ2v) is 9.66. The zero-order valence-electron chi connectivity index (χ0n) is 16.5. The summed E-state index contributed by atoms with van der Waals surface area (Å²) < 4.78 is 27.4. The Balaban J connectivity index is 1.70. The molecule has 1 amide bonds. The van der Waals surface area contributed by atoms with Gasteiger partial charge in [0, 0.05) is 24.2 Å². The Morgan fingerprint density at radius 2 is 1.64 bits per heavy atom. The number of carbonyl (C=O) groups excluding carboxylic acids is 1. The van der Waals surface area contributed by atoms with Gasteiger partial charge in [-0.25, -0.2) is 13.1 Å². The van der Waals surface area contributed by atoms with E-state index in [0.717, 1.165) is 6.42 Å². The molecule has 0 radical (unpaired) electrons. The van der Waals surface area contributed by atoms with Gasteiger partial charge in [-0.15, -0.1) is 0 Å². The van der Waals surface area contributed by atoms with E-state index in [4.69, 9.17) is 0 Å². The van der Waals surface area contributed by atoms with E-state index in [1.54, 1.807) is 37.8 Å². The Morgan fingerprint density at radius 1 is 1.00 bits per heavy atom. The summed E-state index contributed by atoms with van der Waals surface area (Å²) in [5, 5.41) is 0. The van der Waals surface area contributed by atoms with Gasteiger partial charge in [0.1, 0.15) is 0 Å². The molecule has 28 heavy (non-hydrogen) atoms. The van der Waals surface area contributed by atoms with E-state index in [2.05, 4.69) is 22.9 Å². The summed E-state index contributed by atoms with van der Waals surface area (Å²) in [7, 11) is -3.61. The third-order valence-electron chi connectivity index (χ3n) is 4.49. The van der Waals surface area contributed by atoms with Crippen LogP contribution < -0.4 is 4.72 Å². The van der Waals surface area contributed by atoms with Gasteiger partial charge in [-0.05, 0) is 62.6 Å². The predicted octanol–water partition coefficient (Wildman–Crippen LogP) is 3.69. The SMILES string of the molecule is CC(C)(C)NS(=O)(=O)c1ccc(C(=O)N2CC=C(c3ccccc3)CC2)cc1.